The molecule has 0 amide bonds. The number of hydrogen-bond acceptors (Lipinski definition) is 2. The standard InChI is InChI=1S/C22H31N5.HI/c1-2-24-21(27-13-11-22(17-27)9-3-4-10-22)25-15-19-5-7-20(8-6-19)16-26-14-12-23-18-26;/h5-8,12,14,18H,2-4,9-11,13,15-17H2,1H3,(H,24,25);1H. The van der Waals surface area contributed by atoms with E-state index in [1.807, 2.05) is 18.7 Å². The van der Waals surface area contributed by atoms with E-state index in [0.29, 0.717) is 5.41 Å². The van der Waals surface area contributed by atoms with Crippen LogP contribution in [0.15, 0.2) is 48.0 Å². The predicted molar refractivity (Wildman–Crippen MR) is 125 cm³/mol. The number of aromatic nitrogens is 2. The second kappa shape index (κ2) is 9.76. The number of aliphatic imine (C=N–C) groups is 1. The largest absolute Gasteiger partial charge is 0.357 e. The van der Waals surface area contributed by atoms with Gasteiger partial charge in [0, 0.05) is 38.6 Å². The normalized spacial score (nSPS) is 18.5. The average Bonchev–Trinajstić information content (AvgIpc) is 3.44. The lowest BCUT2D eigenvalue weighted by Crippen LogP contribution is -2.41. The van der Waals surface area contributed by atoms with Gasteiger partial charge in [-0.05, 0) is 42.7 Å². The average molecular weight is 493 g/mol. The summed E-state index contributed by atoms with van der Waals surface area (Å²) in [6.07, 6.45) is 12.6. The van der Waals surface area contributed by atoms with Gasteiger partial charge in [0.15, 0.2) is 5.96 Å². The first-order valence-corrected chi connectivity index (χ1v) is 10.3. The number of guanidine groups is 1. The molecule has 1 aliphatic carbocycles. The molecule has 0 radical (unpaired) electrons. The molecule has 1 saturated carbocycles. The van der Waals surface area contributed by atoms with Gasteiger partial charge in [-0.1, -0.05) is 37.1 Å². The summed E-state index contributed by atoms with van der Waals surface area (Å²) in [5, 5.41) is 3.51. The minimum absolute atomic E-state index is 0. The third-order valence-electron chi connectivity index (χ3n) is 6.10. The van der Waals surface area contributed by atoms with Crippen LogP contribution in [0.1, 0.15) is 50.2 Å². The Hall–Kier alpha value is -1.57. The molecule has 6 heteroatoms. The molecule has 28 heavy (non-hydrogen) atoms. The second-order valence-corrected chi connectivity index (χ2v) is 8.10. The summed E-state index contributed by atoms with van der Waals surface area (Å²) in [5.74, 6) is 1.09. The molecule has 2 heterocycles. The molecule has 5 nitrogen and oxygen atoms in total. The van der Waals surface area contributed by atoms with Crippen molar-refractivity contribution in [3.05, 3.63) is 54.1 Å². The molecule has 1 aromatic carbocycles. The van der Waals surface area contributed by atoms with Crippen LogP contribution in [0.25, 0.3) is 0 Å². The molecule has 2 aliphatic rings. The number of benzene rings is 1. The molecule has 1 aliphatic heterocycles. The van der Waals surface area contributed by atoms with Gasteiger partial charge in [0.25, 0.3) is 0 Å². The summed E-state index contributed by atoms with van der Waals surface area (Å²) < 4.78 is 2.09. The molecule has 1 N–H and O–H groups in total. The Balaban J connectivity index is 0.00000225. The van der Waals surface area contributed by atoms with Crippen molar-refractivity contribution in [2.45, 2.75) is 52.1 Å². The smallest absolute Gasteiger partial charge is 0.194 e. The van der Waals surface area contributed by atoms with Crippen LogP contribution >= 0.6 is 24.0 Å². The summed E-state index contributed by atoms with van der Waals surface area (Å²) in [7, 11) is 0. The number of hydrogen-bond donors (Lipinski definition) is 1. The van der Waals surface area contributed by atoms with Crippen molar-refractivity contribution in [3.8, 4) is 0 Å². The molecule has 1 spiro atoms. The molecule has 152 valence electrons. The van der Waals surface area contributed by atoms with Gasteiger partial charge in [0.1, 0.15) is 0 Å². The quantitative estimate of drug-likeness (QED) is 0.384. The maximum Gasteiger partial charge on any atom is 0.194 e. The molecule has 0 bridgehead atoms. The minimum atomic E-state index is 0. The fraction of sp³-hybridized carbons (Fsp3) is 0.545. The van der Waals surface area contributed by atoms with Crippen molar-refractivity contribution < 1.29 is 0 Å². The fourth-order valence-electron chi connectivity index (χ4n) is 4.58. The molecule has 1 aromatic heterocycles. The van der Waals surface area contributed by atoms with Crippen LogP contribution < -0.4 is 5.32 Å². The first kappa shape index (κ1) is 21.1. The van der Waals surface area contributed by atoms with Crippen LogP contribution in [-0.2, 0) is 13.1 Å². The molecule has 4 rings (SSSR count). The predicted octanol–water partition coefficient (Wildman–Crippen LogP) is 4.28. The van der Waals surface area contributed by atoms with E-state index in [0.717, 1.165) is 32.1 Å². The lowest BCUT2D eigenvalue weighted by Gasteiger charge is -2.26. The molecule has 2 aromatic rings. The van der Waals surface area contributed by atoms with Crippen molar-refractivity contribution in [2.75, 3.05) is 19.6 Å². The van der Waals surface area contributed by atoms with E-state index in [1.165, 1.54) is 49.8 Å². The highest BCUT2D eigenvalue weighted by Crippen LogP contribution is 2.45. The highest BCUT2D eigenvalue weighted by Gasteiger charge is 2.41. The Labute approximate surface area is 185 Å². The summed E-state index contributed by atoms with van der Waals surface area (Å²) in [6.45, 7) is 7.01. The third-order valence-corrected chi connectivity index (χ3v) is 6.10. The Kier molecular flexibility index (Phi) is 7.37. The number of nitrogens with one attached hydrogen (secondary N) is 1. The molecular formula is C22H32IN5. The van der Waals surface area contributed by atoms with Gasteiger partial charge < -0.3 is 14.8 Å². The Morgan fingerprint density at radius 3 is 2.57 bits per heavy atom. The van der Waals surface area contributed by atoms with E-state index >= 15 is 0 Å². The molecule has 0 unspecified atom stereocenters. The maximum atomic E-state index is 4.94. The molecule has 2 fully saturated rings. The number of halogens is 1. The number of likely N-dealkylation sites (tertiary alicyclic amines) is 1. The van der Waals surface area contributed by atoms with Crippen molar-refractivity contribution in [1.29, 1.82) is 0 Å². The van der Waals surface area contributed by atoms with Gasteiger partial charge in [0.05, 0.1) is 12.9 Å². The van der Waals surface area contributed by atoms with E-state index in [1.54, 1.807) is 0 Å². The summed E-state index contributed by atoms with van der Waals surface area (Å²) in [4.78, 5) is 11.5. The van der Waals surface area contributed by atoms with Gasteiger partial charge in [0.2, 0.25) is 0 Å². The summed E-state index contributed by atoms with van der Waals surface area (Å²) >= 11 is 0. The summed E-state index contributed by atoms with van der Waals surface area (Å²) in [6, 6.07) is 8.78. The summed E-state index contributed by atoms with van der Waals surface area (Å²) in [5.41, 5.74) is 3.12. The Morgan fingerprint density at radius 2 is 1.89 bits per heavy atom. The monoisotopic (exact) mass is 493 g/mol. The van der Waals surface area contributed by atoms with Gasteiger partial charge in [-0.3, -0.25) is 0 Å². The Bertz CT molecular complexity index is 748. The highest BCUT2D eigenvalue weighted by molar-refractivity contribution is 14.0. The van der Waals surface area contributed by atoms with Crippen LogP contribution in [-0.4, -0.2) is 40.0 Å². The van der Waals surface area contributed by atoms with Crippen LogP contribution in [0.3, 0.4) is 0 Å². The van der Waals surface area contributed by atoms with Crippen LogP contribution in [0.2, 0.25) is 0 Å². The molecule has 1 saturated heterocycles. The highest BCUT2D eigenvalue weighted by atomic mass is 127. The van der Waals surface area contributed by atoms with Crippen molar-refractivity contribution >= 4 is 29.9 Å². The van der Waals surface area contributed by atoms with Crippen molar-refractivity contribution in [2.24, 2.45) is 10.4 Å². The maximum absolute atomic E-state index is 4.94. The third kappa shape index (κ3) is 5.07. The lowest BCUT2D eigenvalue weighted by atomic mass is 9.86. The van der Waals surface area contributed by atoms with E-state index in [9.17, 15) is 0 Å². The zero-order chi connectivity index (χ0) is 18.5. The minimum Gasteiger partial charge on any atom is -0.357 e. The molecular weight excluding hydrogens is 461 g/mol. The second-order valence-electron chi connectivity index (χ2n) is 8.10. The SMILES string of the molecule is CCNC(=NCc1ccc(Cn2ccnc2)cc1)N1CCC2(CCCC2)C1.I. The fourth-order valence-corrected chi connectivity index (χ4v) is 4.58. The van der Waals surface area contributed by atoms with Crippen molar-refractivity contribution in [3.63, 3.8) is 0 Å². The topological polar surface area (TPSA) is 45.5 Å². The van der Waals surface area contributed by atoms with Gasteiger partial charge in [-0.25, -0.2) is 9.98 Å². The van der Waals surface area contributed by atoms with Crippen LogP contribution in [0.4, 0.5) is 0 Å². The zero-order valence-corrected chi connectivity index (χ0v) is 19.1. The lowest BCUT2D eigenvalue weighted by molar-refractivity contribution is 0.309. The van der Waals surface area contributed by atoms with Gasteiger partial charge >= 0.3 is 0 Å². The van der Waals surface area contributed by atoms with Crippen LogP contribution in [0, 0.1) is 5.41 Å². The number of nitrogens with zero attached hydrogens (tertiary/aromatic N) is 4. The first-order chi connectivity index (χ1) is 13.3. The number of rotatable bonds is 5. The van der Waals surface area contributed by atoms with E-state index in [-0.39, 0.29) is 24.0 Å². The van der Waals surface area contributed by atoms with E-state index in [2.05, 4.69) is 51.0 Å². The van der Waals surface area contributed by atoms with E-state index in [4.69, 9.17) is 4.99 Å². The zero-order valence-electron chi connectivity index (χ0n) is 16.8. The molecule has 0 atom stereocenters. The van der Waals surface area contributed by atoms with E-state index < -0.39 is 0 Å². The van der Waals surface area contributed by atoms with Gasteiger partial charge in [-0.2, -0.15) is 0 Å². The van der Waals surface area contributed by atoms with Crippen LogP contribution in [0.5, 0.6) is 0 Å². The number of imidazole rings is 1. The Morgan fingerprint density at radius 1 is 1.14 bits per heavy atom. The first-order valence-electron chi connectivity index (χ1n) is 10.3. The van der Waals surface area contributed by atoms with Crippen molar-refractivity contribution in [1.82, 2.24) is 19.8 Å². The van der Waals surface area contributed by atoms with Gasteiger partial charge in [-0.15, -0.1) is 24.0 Å².